The number of amides is 1. The second kappa shape index (κ2) is 7.84. The zero-order valence-corrected chi connectivity index (χ0v) is 14.3. The first-order chi connectivity index (χ1) is 10.5. The molecule has 4 nitrogen and oxygen atoms in total. The van der Waals surface area contributed by atoms with Crippen molar-refractivity contribution in [2.75, 3.05) is 26.7 Å². The van der Waals surface area contributed by atoms with Crippen LogP contribution < -0.4 is 10.1 Å². The van der Waals surface area contributed by atoms with Crippen molar-refractivity contribution in [3.63, 3.8) is 0 Å². The van der Waals surface area contributed by atoms with Crippen LogP contribution in [-0.2, 0) is 4.79 Å². The zero-order chi connectivity index (χ0) is 16.1. The van der Waals surface area contributed by atoms with E-state index in [2.05, 4.69) is 5.32 Å². The lowest BCUT2D eigenvalue weighted by atomic mass is 9.97. The Balaban J connectivity index is 1.98. The van der Waals surface area contributed by atoms with E-state index in [0.29, 0.717) is 16.7 Å². The summed E-state index contributed by atoms with van der Waals surface area (Å²) in [6.45, 7) is 6.33. The third-order valence-corrected chi connectivity index (χ3v) is 4.37. The molecule has 1 fully saturated rings. The van der Waals surface area contributed by atoms with Gasteiger partial charge in [-0.25, -0.2) is 0 Å². The molecule has 1 heterocycles. The molecule has 1 aliphatic heterocycles. The molecule has 0 radical (unpaired) electrons. The smallest absolute Gasteiger partial charge is 0.263 e. The Labute approximate surface area is 137 Å². The van der Waals surface area contributed by atoms with Crippen LogP contribution in [-0.4, -0.2) is 43.6 Å². The average Bonchev–Trinajstić information content (AvgIpc) is 2.50. The molecule has 1 aromatic rings. The number of nitrogens with one attached hydrogen (secondary N) is 1. The Kier molecular flexibility index (Phi) is 6.09. The molecule has 5 heteroatoms. The lowest BCUT2D eigenvalue weighted by molar-refractivity contribution is -0.139. The average molecular weight is 325 g/mol. The highest BCUT2D eigenvalue weighted by atomic mass is 35.5. The van der Waals surface area contributed by atoms with E-state index in [1.807, 2.05) is 31.0 Å². The van der Waals surface area contributed by atoms with Crippen molar-refractivity contribution in [1.82, 2.24) is 10.2 Å². The van der Waals surface area contributed by atoms with E-state index in [4.69, 9.17) is 16.3 Å². The molecule has 1 amide bonds. The van der Waals surface area contributed by atoms with Crippen LogP contribution in [0.15, 0.2) is 18.2 Å². The number of ether oxygens (including phenoxy) is 1. The van der Waals surface area contributed by atoms with E-state index in [1.165, 1.54) is 6.42 Å². The van der Waals surface area contributed by atoms with Crippen LogP contribution in [0.25, 0.3) is 0 Å². The van der Waals surface area contributed by atoms with Gasteiger partial charge in [0, 0.05) is 13.1 Å². The number of aryl methyl sites for hydroxylation is 1. The Morgan fingerprint density at radius 3 is 3.05 bits per heavy atom. The van der Waals surface area contributed by atoms with Gasteiger partial charge in [-0.1, -0.05) is 17.7 Å². The molecule has 1 aliphatic rings. The normalized spacial score (nSPS) is 19.8. The zero-order valence-electron chi connectivity index (χ0n) is 13.6. The summed E-state index contributed by atoms with van der Waals surface area (Å²) in [6.07, 6.45) is 1.70. The van der Waals surface area contributed by atoms with Gasteiger partial charge >= 0.3 is 0 Å². The topological polar surface area (TPSA) is 41.6 Å². The fraction of sp³-hybridized carbons (Fsp3) is 0.588. The molecule has 2 atom stereocenters. The van der Waals surface area contributed by atoms with Crippen molar-refractivity contribution < 1.29 is 9.53 Å². The number of carbonyl (C=O) groups excluding carboxylic acids is 1. The maximum atomic E-state index is 12.6. The van der Waals surface area contributed by atoms with Gasteiger partial charge in [0.1, 0.15) is 5.75 Å². The summed E-state index contributed by atoms with van der Waals surface area (Å²) in [5.41, 5.74) is 1.06. The highest BCUT2D eigenvalue weighted by Gasteiger charge is 2.27. The molecule has 2 unspecified atom stereocenters. The van der Waals surface area contributed by atoms with Crippen LogP contribution in [0.3, 0.4) is 0 Å². The van der Waals surface area contributed by atoms with Crippen LogP contribution >= 0.6 is 11.6 Å². The molecule has 122 valence electrons. The minimum Gasteiger partial charge on any atom is -0.479 e. The fourth-order valence-corrected chi connectivity index (χ4v) is 3.08. The number of carbonyl (C=O) groups is 1. The number of nitrogens with zero attached hydrogens (tertiary/aromatic N) is 1. The largest absolute Gasteiger partial charge is 0.479 e. The van der Waals surface area contributed by atoms with Gasteiger partial charge in [0.2, 0.25) is 0 Å². The third kappa shape index (κ3) is 4.37. The van der Waals surface area contributed by atoms with E-state index in [0.717, 1.165) is 31.6 Å². The van der Waals surface area contributed by atoms with Gasteiger partial charge in [0.15, 0.2) is 6.10 Å². The first-order valence-corrected chi connectivity index (χ1v) is 8.25. The minimum absolute atomic E-state index is 0.0402. The van der Waals surface area contributed by atoms with Gasteiger partial charge in [-0.2, -0.15) is 0 Å². The molecular weight excluding hydrogens is 300 g/mol. The van der Waals surface area contributed by atoms with E-state index < -0.39 is 6.10 Å². The molecule has 1 saturated heterocycles. The molecular formula is C17H25ClN2O2. The van der Waals surface area contributed by atoms with Crippen molar-refractivity contribution in [2.24, 2.45) is 5.92 Å². The molecule has 22 heavy (non-hydrogen) atoms. The fourth-order valence-electron chi connectivity index (χ4n) is 2.92. The van der Waals surface area contributed by atoms with Crippen molar-refractivity contribution in [3.8, 4) is 5.75 Å². The summed E-state index contributed by atoms with van der Waals surface area (Å²) in [6, 6.07) is 5.59. The standard InChI is InChI=1S/C17H25ClN2O2/c1-12-6-7-15(18)16(9-12)22-13(2)17(21)20-8-4-5-14(11-20)10-19-3/h6-7,9,13-14,19H,4-5,8,10-11H2,1-3H3. The van der Waals surface area contributed by atoms with Crippen LogP contribution in [0.5, 0.6) is 5.75 Å². The highest BCUT2D eigenvalue weighted by molar-refractivity contribution is 6.32. The summed E-state index contributed by atoms with van der Waals surface area (Å²) in [4.78, 5) is 14.5. The van der Waals surface area contributed by atoms with Gasteiger partial charge in [0.05, 0.1) is 5.02 Å². The molecule has 0 aliphatic carbocycles. The van der Waals surface area contributed by atoms with Crippen molar-refractivity contribution in [1.29, 1.82) is 0 Å². The van der Waals surface area contributed by atoms with Gasteiger partial charge in [-0.15, -0.1) is 0 Å². The van der Waals surface area contributed by atoms with Gasteiger partial charge in [0.25, 0.3) is 5.91 Å². The van der Waals surface area contributed by atoms with Gasteiger partial charge in [-0.05, 0) is 63.9 Å². The van der Waals surface area contributed by atoms with Crippen molar-refractivity contribution in [2.45, 2.75) is 32.8 Å². The van der Waals surface area contributed by atoms with Crippen LogP contribution in [0.4, 0.5) is 0 Å². The summed E-state index contributed by atoms with van der Waals surface area (Å²) >= 11 is 6.14. The second-order valence-electron chi connectivity index (χ2n) is 6.04. The Bertz CT molecular complexity index is 519. The first-order valence-electron chi connectivity index (χ1n) is 7.87. The summed E-state index contributed by atoms with van der Waals surface area (Å²) in [5.74, 6) is 1.14. The number of hydrogen-bond acceptors (Lipinski definition) is 3. The lowest BCUT2D eigenvalue weighted by Crippen LogP contribution is -2.47. The Morgan fingerprint density at radius 1 is 1.55 bits per heavy atom. The molecule has 0 bridgehead atoms. The van der Waals surface area contributed by atoms with E-state index >= 15 is 0 Å². The summed E-state index contributed by atoms with van der Waals surface area (Å²) < 4.78 is 5.80. The number of halogens is 1. The second-order valence-corrected chi connectivity index (χ2v) is 6.45. The molecule has 2 rings (SSSR count). The third-order valence-electron chi connectivity index (χ3n) is 4.06. The molecule has 1 aromatic carbocycles. The Hall–Kier alpha value is -1.26. The number of rotatable bonds is 5. The molecule has 0 spiro atoms. The molecule has 0 aromatic heterocycles. The quantitative estimate of drug-likeness (QED) is 0.905. The van der Waals surface area contributed by atoms with Gasteiger partial charge in [-0.3, -0.25) is 4.79 Å². The Morgan fingerprint density at radius 2 is 2.32 bits per heavy atom. The van der Waals surface area contributed by atoms with E-state index in [9.17, 15) is 4.79 Å². The van der Waals surface area contributed by atoms with Crippen LogP contribution in [0.2, 0.25) is 5.02 Å². The summed E-state index contributed by atoms with van der Waals surface area (Å²) in [5, 5.41) is 3.73. The number of hydrogen-bond donors (Lipinski definition) is 1. The maximum Gasteiger partial charge on any atom is 0.263 e. The summed E-state index contributed by atoms with van der Waals surface area (Å²) in [7, 11) is 1.95. The predicted molar refractivity (Wildman–Crippen MR) is 89.5 cm³/mol. The molecule has 1 N–H and O–H groups in total. The minimum atomic E-state index is -0.521. The maximum absolute atomic E-state index is 12.6. The first kappa shape index (κ1) is 17.1. The number of piperidine rings is 1. The molecule has 0 saturated carbocycles. The van der Waals surface area contributed by atoms with Crippen LogP contribution in [0.1, 0.15) is 25.3 Å². The number of likely N-dealkylation sites (tertiary alicyclic amines) is 1. The van der Waals surface area contributed by atoms with E-state index in [1.54, 1.807) is 13.0 Å². The SMILES string of the molecule is CNCC1CCCN(C(=O)C(C)Oc2cc(C)ccc2Cl)C1. The highest BCUT2D eigenvalue weighted by Crippen LogP contribution is 2.27. The van der Waals surface area contributed by atoms with Gasteiger partial charge < -0.3 is 15.0 Å². The van der Waals surface area contributed by atoms with Crippen molar-refractivity contribution in [3.05, 3.63) is 28.8 Å². The van der Waals surface area contributed by atoms with Crippen molar-refractivity contribution >= 4 is 17.5 Å². The van der Waals surface area contributed by atoms with Crippen LogP contribution in [0, 0.1) is 12.8 Å². The monoisotopic (exact) mass is 324 g/mol. The van der Waals surface area contributed by atoms with E-state index in [-0.39, 0.29) is 5.91 Å². The lowest BCUT2D eigenvalue weighted by Gasteiger charge is -2.34. The predicted octanol–water partition coefficient (Wildman–Crippen LogP) is 2.87. The number of benzene rings is 1.